The largest absolute Gasteiger partial charge is 0.419 e. The van der Waals surface area contributed by atoms with Crippen LogP contribution in [0.25, 0.3) is 11.3 Å². The van der Waals surface area contributed by atoms with E-state index in [1.165, 1.54) is 11.8 Å². The molecule has 1 fully saturated rings. The minimum Gasteiger partial charge on any atom is -0.352 e. The van der Waals surface area contributed by atoms with Gasteiger partial charge < -0.3 is 10.2 Å². The lowest BCUT2D eigenvalue weighted by molar-refractivity contribution is -0.138. The summed E-state index contributed by atoms with van der Waals surface area (Å²) in [5.41, 5.74) is -0.216. The van der Waals surface area contributed by atoms with Crippen LogP contribution in [0.3, 0.4) is 0 Å². The molecule has 1 aliphatic rings. The first-order valence-electron chi connectivity index (χ1n) is 10.7. The van der Waals surface area contributed by atoms with Crippen LogP contribution in [0.1, 0.15) is 29.4 Å². The summed E-state index contributed by atoms with van der Waals surface area (Å²) in [7, 11) is 1.53. The number of amides is 1. The third kappa shape index (κ3) is 5.38. The van der Waals surface area contributed by atoms with E-state index in [1.807, 2.05) is 0 Å². The summed E-state index contributed by atoms with van der Waals surface area (Å²) in [4.78, 5) is 23.0. The van der Waals surface area contributed by atoms with Crippen molar-refractivity contribution >= 4 is 11.9 Å². The first-order chi connectivity index (χ1) is 16.4. The normalized spacial score (nSPS) is 20.0. The van der Waals surface area contributed by atoms with Crippen molar-refractivity contribution in [2.24, 2.45) is 13.0 Å². The summed E-state index contributed by atoms with van der Waals surface area (Å²) in [6, 6.07) is 8.04. The lowest BCUT2D eigenvalue weighted by atomic mass is 9.88. The fourth-order valence-corrected chi connectivity index (χ4v) is 4.12. The predicted molar refractivity (Wildman–Crippen MR) is 116 cm³/mol. The number of anilines is 1. The number of nitrogens with zero attached hydrogens (tertiary/aromatic N) is 6. The monoisotopic (exact) mass is 495 g/mol. The molecule has 0 aliphatic carbocycles. The van der Waals surface area contributed by atoms with E-state index in [1.54, 1.807) is 37.3 Å². The summed E-state index contributed by atoms with van der Waals surface area (Å²) in [5.74, 6) is -4.59. The summed E-state index contributed by atoms with van der Waals surface area (Å²) >= 11 is 0. The number of carbonyl (C=O) groups is 1. The molecule has 0 saturated carbocycles. The maximum atomic E-state index is 14.5. The topological polar surface area (TPSA) is 88.8 Å². The maximum absolute atomic E-state index is 14.5. The summed E-state index contributed by atoms with van der Waals surface area (Å²) < 4.78 is 67.3. The number of nitrogens with one attached hydrogen (secondary N) is 1. The van der Waals surface area contributed by atoms with Crippen molar-refractivity contribution < 1.29 is 26.7 Å². The van der Waals surface area contributed by atoms with Gasteiger partial charge in [-0.15, -0.1) is 5.10 Å². The highest BCUT2D eigenvalue weighted by Crippen LogP contribution is 2.36. The third-order valence-corrected chi connectivity index (χ3v) is 5.75. The van der Waals surface area contributed by atoms with Crippen molar-refractivity contribution in [1.29, 1.82) is 0 Å². The minimum absolute atomic E-state index is 0.0463. The molecule has 1 N–H and O–H groups in total. The van der Waals surface area contributed by atoms with Gasteiger partial charge in [-0.1, -0.05) is 37.3 Å². The highest BCUT2D eigenvalue weighted by atomic mass is 19.4. The lowest BCUT2D eigenvalue weighted by Gasteiger charge is -2.43. The average molecular weight is 495 g/mol. The Hall–Kier alpha value is -3.64. The fraction of sp³-hybridized carbons (Fsp3) is 0.409. The second-order valence-electron chi connectivity index (χ2n) is 8.46. The third-order valence-electron chi connectivity index (χ3n) is 5.75. The van der Waals surface area contributed by atoms with Gasteiger partial charge in [0.15, 0.2) is 5.69 Å². The molecule has 4 rings (SSSR count). The number of aryl methyl sites for hydroxylation is 1. The Kier molecular flexibility index (Phi) is 6.43. The van der Waals surface area contributed by atoms with Crippen molar-refractivity contribution in [3.05, 3.63) is 54.0 Å². The molecule has 1 amide bonds. The number of carbonyl (C=O) groups excluding carboxylic acids is 1. The van der Waals surface area contributed by atoms with Crippen LogP contribution in [-0.2, 0) is 13.2 Å². The molecular weight excluding hydrogens is 473 g/mol. The van der Waals surface area contributed by atoms with E-state index in [-0.39, 0.29) is 23.9 Å². The van der Waals surface area contributed by atoms with Crippen LogP contribution in [0.15, 0.2) is 42.7 Å². The van der Waals surface area contributed by atoms with Crippen LogP contribution in [0.2, 0.25) is 0 Å². The second-order valence-corrected chi connectivity index (χ2v) is 8.46. The smallest absolute Gasteiger partial charge is 0.352 e. The molecule has 1 saturated heterocycles. The molecule has 3 aromatic rings. The molecular formula is C22H22F5N7O. The summed E-state index contributed by atoms with van der Waals surface area (Å²) in [5, 5.41) is 11.1. The molecule has 8 nitrogen and oxygen atoms in total. The van der Waals surface area contributed by atoms with Gasteiger partial charge >= 0.3 is 6.18 Å². The minimum atomic E-state index is -4.58. The molecule has 1 aliphatic heterocycles. The Balaban J connectivity index is 1.60. The summed E-state index contributed by atoms with van der Waals surface area (Å²) in [6.07, 6.45) is -3.79. The standard InChI is InChI=1S/C22H22F5N7O/c1-13-8-21(23,24)12-34(16(13)11-30-20-28-9-15(10-29-20)22(25,26)27)19(35)18-17(31-33(2)32-18)14-6-4-3-5-7-14/h3-7,9-10,13,16H,8,11-12H2,1-2H3,(H,28,29,30). The van der Waals surface area contributed by atoms with Crippen molar-refractivity contribution in [2.75, 3.05) is 18.4 Å². The van der Waals surface area contributed by atoms with Gasteiger partial charge in [-0.05, 0) is 5.92 Å². The number of aromatic nitrogens is 5. The van der Waals surface area contributed by atoms with Gasteiger partial charge in [-0.3, -0.25) is 4.79 Å². The SMILES string of the molecule is CC1CC(F)(F)CN(C(=O)c2nn(C)nc2-c2ccccc2)C1CNc1ncc(C(F)(F)F)cn1. The lowest BCUT2D eigenvalue weighted by Crippen LogP contribution is -2.57. The fourth-order valence-electron chi connectivity index (χ4n) is 4.12. The molecule has 13 heteroatoms. The molecule has 0 spiro atoms. The molecule has 2 aromatic heterocycles. The number of piperidine rings is 1. The number of benzene rings is 1. The van der Waals surface area contributed by atoms with Crippen molar-refractivity contribution in [3.8, 4) is 11.3 Å². The van der Waals surface area contributed by atoms with Gasteiger partial charge in [0.2, 0.25) is 5.95 Å². The van der Waals surface area contributed by atoms with Gasteiger partial charge in [0, 0.05) is 38.0 Å². The van der Waals surface area contributed by atoms with Crippen LogP contribution in [0, 0.1) is 5.92 Å². The highest BCUT2D eigenvalue weighted by molar-refractivity contribution is 5.98. The molecule has 186 valence electrons. The molecule has 3 heterocycles. The second kappa shape index (κ2) is 9.19. The van der Waals surface area contributed by atoms with E-state index in [2.05, 4.69) is 25.5 Å². The molecule has 2 atom stereocenters. The molecule has 35 heavy (non-hydrogen) atoms. The van der Waals surface area contributed by atoms with Gasteiger partial charge in [-0.2, -0.15) is 23.1 Å². The van der Waals surface area contributed by atoms with Crippen LogP contribution in [0.5, 0.6) is 0 Å². The first kappa shape index (κ1) is 24.5. The van der Waals surface area contributed by atoms with Gasteiger partial charge in [0.25, 0.3) is 11.8 Å². The van der Waals surface area contributed by atoms with Crippen molar-refractivity contribution in [1.82, 2.24) is 29.9 Å². The number of alkyl halides is 5. The quantitative estimate of drug-likeness (QED) is 0.541. The molecule has 0 bridgehead atoms. The van der Waals surface area contributed by atoms with Gasteiger partial charge in [-0.25, -0.2) is 18.7 Å². The van der Waals surface area contributed by atoms with E-state index in [0.717, 1.165) is 4.90 Å². The van der Waals surface area contributed by atoms with Crippen molar-refractivity contribution in [2.45, 2.75) is 31.5 Å². The Bertz CT molecular complexity index is 1180. The van der Waals surface area contributed by atoms with Crippen LogP contribution in [-0.4, -0.2) is 60.8 Å². The Morgan fingerprint density at radius 1 is 1.14 bits per heavy atom. The van der Waals surface area contributed by atoms with Gasteiger partial charge in [0.1, 0.15) is 5.69 Å². The van der Waals surface area contributed by atoms with E-state index < -0.39 is 48.5 Å². The van der Waals surface area contributed by atoms with Crippen LogP contribution in [0.4, 0.5) is 27.9 Å². The maximum Gasteiger partial charge on any atom is 0.419 e. The van der Waals surface area contributed by atoms with Crippen LogP contribution < -0.4 is 5.32 Å². The number of hydrogen-bond donors (Lipinski definition) is 1. The van der Waals surface area contributed by atoms with E-state index >= 15 is 0 Å². The highest BCUT2D eigenvalue weighted by Gasteiger charge is 2.47. The zero-order valence-corrected chi connectivity index (χ0v) is 18.8. The Morgan fingerprint density at radius 2 is 1.80 bits per heavy atom. The van der Waals surface area contributed by atoms with Crippen molar-refractivity contribution in [3.63, 3.8) is 0 Å². The molecule has 1 aromatic carbocycles. The Labute approximate surface area is 197 Å². The number of halogens is 5. The summed E-state index contributed by atoms with van der Waals surface area (Å²) in [6.45, 7) is 0.707. The molecule has 2 unspecified atom stereocenters. The molecule has 0 radical (unpaired) electrons. The van der Waals surface area contributed by atoms with E-state index in [0.29, 0.717) is 18.0 Å². The van der Waals surface area contributed by atoms with Crippen LogP contribution >= 0.6 is 0 Å². The number of likely N-dealkylation sites (tertiary alicyclic amines) is 1. The van der Waals surface area contributed by atoms with Gasteiger partial charge in [0.05, 0.1) is 18.2 Å². The zero-order valence-electron chi connectivity index (χ0n) is 18.8. The van der Waals surface area contributed by atoms with E-state index in [4.69, 9.17) is 0 Å². The first-order valence-corrected chi connectivity index (χ1v) is 10.7. The number of rotatable bonds is 5. The zero-order chi connectivity index (χ0) is 25.4. The average Bonchev–Trinajstić information content (AvgIpc) is 3.19. The Morgan fingerprint density at radius 3 is 2.43 bits per heavy atom. The number of hydrogen-bond acceptors (Lipinski definition) is 6. The van der Waals surface area contributed by atoms with E-state index in [9.17, 15) is 26.7 Å². The predicted octanol–water partition coefficient (Wildman–Crippen LogP) is 3.89.